The Kier molecular flexibility index (Phi) is 6.71. The Balaban J connectivity index is 2.64. The van der Waals surface area contributed by atoms with E-state index in [0.29, 0.717) is 18.6 Å². The molecular formula is C16H27NO2. The van der Waals surface area contributed by atoms with Gasteiger partial charge in [0, 0.05) is 18.7 Å². The molecule has 1 aromatic carbocycles. The van der Waals surface area contributed by atoms with Crippen molar-refractivity contribution in [2.75, 3.05) is 13.2 Å². The number of ether oxygens (including phenoxy) is 2. The zero-order chi connectivity index (χ0) is 14.3. The molecule has 1 aromatic rings. The van der Waals surface area contributed by atoms with Crippen molar-refractivity contribution in [2.45, 2.75) is 46.8 Å². The lowest BCUT2D eigenvalue weighted by molar-refractivity contribution is 0.146. The van der Waals surface area contributed by atoms with Crippen LogP contribution in [0.5, 0.6) is 11.5 Å². The molecule has 0 saturated heterocycles. The van der Waals surface area contributed by atoms with Crippen LogP contribution < -0.4 is 14.8 Å². The molecule has 0 heterocycles. The number of benzene rings is 1. The Morgan fingerprint density at radius 3 is 2.37 bits per heavy atom. The van der Waals surface area contributed by atoms with E-state index in [1.165, 1.54) is 0 Å². The maximum atomic E-state index is 6.07. The Hall–Kier alpha value is -1.22. The fraction of sp³-hybridized carbons (Fsp3) is 0.625. The minimum atomic E-state index is 0.166. The van der Waals surface area contributed by atoms with Gasteiger partial charge < -0.3 is 14.8 Å². The average Bonchev–Trinajstić information content (AvgIpc) is 2.34. The lowest BCUT2D eigenvalue weighted by Gasteiger charge is -2.24. The van der Waals surface area contributed by atoms with Gasteiger partial charge in [-0.25, -0.2) is 0 Å². The molecule has 3 heteroatoms. The Morgan fingerprint density at radius 2 is 1.79 bits per heavy atom. The molecule has 1 unspecified atom stereocenters. The van der Waals surface area contributed by atoms with Gasteiger partial charge in [0.25, 0.3) is 0 Å². The van der Waals surface area contributed by atoms with Gasteiger partial charge >= 0.3 is 0 Å². The molecule has 0 radical (unpaired) electrons. The molecular weight excluding hydrogens is 238 g/mol. The molecule has 0 saturated carbocycles. The minimum absolute atomic E-state index is 0.166. The highest BCUT2D eigenvalue weighted by atomic mass is 16.5. The van der Waals surface area contributed by atoms with Crippen LogP contribution in [0.4, 0.5) is 0 Å². The first-order valence-corrected chi connectivity index (χ1v) is 7.15. The molecule has 19 heavy (non-hydrogen) atoms. The largest absolute Gasteiger partial charge is 0.494 e. The summed E-state index contributed by atoms with van der Waals surface area (Å²) in [6.07, 6.45) is 0.166. The van der Waals surface area contributed by atoms with Crippen LogP contribution in [0.2, 0.25) is 0 Å². The summed E-state index contributed by atoms with van der Waals surface area (Å²) >= 11 is 0. The SMILES string of the molecule is CCOc1cccc(OC(CNC(C)C)C(C)C)c1. The highest BCUT2D eigenvalue weighted by Gasteiger charge is 2.15. The first-order chi connectivity index (χ1) is 9.02. The maximum Gasteiger partial charge on any atom is 0.123 e. The van der Waals surface area contributed by atoms with Crippen LogP contribution >= 0.6 is 0 Å². The summed E-state index contributed by atoms with van der Waals surface area (Å²) in [6, 6.07) is 8.32. The van der Waals surface area contributed by atoms with E-state index < -0.39 is 0 Å². The van der Waals surface area contributed by atoms with Gasteiger partial charge in [0.15, 0.2) is 0 Å². The van der Waals surface area contributed by atoms with Crippen molar-refractivity contribution >= 4 is 0 Å². The topological polar surface area (TPSA) is 30.5 Å². The minimum Gasteiger partial charge on any atom is -0.494 e. The van der Waals surface area contributed by atoms with Gasteiger partial charge in [0.1, 0.15) is 17.6 Å². The summed E-state index contributed by atoms with van der Waals surface area (Å²) in [5.41, 5.74) is 0. The third kappa shape index (κ3) is 5.97. The van der Waals surface area contributed by atoms with Crippen LogP contribution in [-0.4, -0.2) is 25.3 Å². The smallest absolute Gasteiger partial charge is 0.123 e. The Bertz CT molecular complexity index is 364. The summed E-state index contributed by atoms with van der Waals surface area (Å²) in [5, 5.41) is 3.43. The van der Waals surface area contributed by atoms with Crippen molar-refractivity contribution in [2.24, 2.45) is 5.92 Å². The molecule has 1 rings (SSSR count). The Labute approximate surface area is 117 Å². The predicted octanol–water partition coefficient (Wildman–Crippen LogP) is 3.49. The maximum absolute atomic E-state index is 6.07. The highest BCUT2D eigenvalue weighted by Crippen LogP contribution is 2.22. The lowest BCUT2D eigenvalue weighted by Crippen LogP contribution is -2.38. The van der Waals surface area contributed by atoms with Gasteiger partial charge in [0.2, 0.25) is 0 Å². The quantitative estimate of drug-likeness (QED) is 0.780. The van der Waals surface area contributed by atoms with Crippen LogP contribution in [0.25, 0.3) is 0 Å². The summed E-state index contributed by atoms with van der Waals surface area (Å²) in [6.45, 7) is 12.2. The first kappa shape index (κ1) is 15.8. The van der Waals surface area contributed by atoms with Gasteiger partial charge in [-0.2, -0.15) is 0 Å². The Morgan fingerprint density at radius 1 is 1.11 bits per heavy atom. The second-order valence-corrected chi connectivity index (χ2v) is 5.37. The van der Waals surface area contributed by atoms with Crippen LogP contribution in [0.3, 0.4) is 0 Å². The third-order valence-corrected chi connectivity index (χ3v) is 2.87. The van der Waals surface area contributed by atoms with Crippen molar-refractivity contribution in [3.63, 3.8) is 0 Å². The van der Waals surface area contributed by atoms with E-state index in [9.17, 15) is 0 Å². The van der Waals surface area contributed by atoms with E-state index >= 15 is 0 Å². The van der Waals surface area contributed by atoms with Crippen molar-refractivity contribution in [3.05, 3.63) is 24.3 Å². The molecule has 0 aromatic heterocycles. The van der Waals surface area contributed by atoms with Crippen LogP contribution in [0.1, 0.15) is 34.6 Å². The van der Waals surface area contributed by atoms with Gasteiger partial charge in [-0.15, -0.1) is 0 Å². The van der Waals surface area contributed by atoms with Gasteiger partial charge in [-0.1, -0.05) is 33.8 Å². The normalized spacial score (nSPS) is 12.8. The van der Waals surface area contributed by atoms with E-state index in [4.69, 9.17) is 9.47 Å². The zero-order valence-electron chi connectivity index (χ0n) is 12.8. The van der Waals surface area contributed by atoms with Crippen molar-refractivity contribution in [1.29, 1.82) is 0 Å². The van der Waals surface area contributed by atoms with Crippen molar-refractivity contribution in [3.8, 4) is 11.5 Å². The number of hydrogen-bond acceptors (Lipinski definition) is 3. The summed E-state index contributed by atoms with van der Waals surface area (Å²) in [5.74, 6) is 2.19. The number of hydrogen-bond donors (Lipinski definition) is 1. The molecule has 0 aliphatic carbocycles. The standard InChI is InChI=1S/C16H27NO2/c1-6-18-14-8-7-9-15(10-14)19-16(12(2)3)11-17-13(4)5/h7-10,12-13,16-17H,6,11H2,1-5H3. The van der Waals surface area contributed by atoms with Crippen LogP contribution in [-0.2, 0) is 0 Å². The molecule has 0 bridgehead atoms. The lowest BCUT2D eigenvalue weighted by atomic mass is 10.1. The summed E-state index contributed by atoms with van der Waals surface area (Å²) in [7, 11) is 0. The average molecular weight is 265 g/mol. The van der Waals surface area contributed by atoms with Crippen LogP contribution in [0.15, 0.2) is 24.3 Å². The second kappa shape index (κ2) is 8.05. The molecule has 0 amide bonds. The molecule has 0 fully saturated rings. The van der Waals surface area contributed by atoms with Crippen LogP contribution in [0, 0.1) is 5.92 Å². The number of rotatable bonds is 8. The molecule has 0 aliphatic rings. The third-order valence-electron chi connectivity index (χ3n) is 2.87. The predicted molar refractivity (Wildman–Crippen MR) is 80.0 cm³/mol. The summed E-state index contributed by atoms with van der Waals surface area (Å²) in [4.78, 5) is 0. The second-order valence-electron chi connectivity index (χ2n) is 5.37. The van der Waals surface area contributed by atoms with E-state index in [0.717, 1.165) is 18.0 Å². The van der Waals surface area contributed by atoms with Gasteiger partial charge in [-0.3, -0.25) is 0 Å². The van der Waals surface area contributed by atoms with E-state index in [2.05, 4.69) is 33.0 Å². The van der Waals surface area contributed by atoms with E-state index in [-0.39, 0.29) is 6.10 Å². The number of nitrogens with one attached hydrogen (secondary N) is 1. The molecule has 108 valence electrons. The monoisotopic (exact) mass is 265 g/mol. The highest BCUT2D eigenvalue weighted by molar-refractivity contribution is 5.33. The fourth-order valence-electron chi connectivity index (χ4n) is 1.74. The fourth-order valence-corrected chi connectivity index (χ4v) is 1.74. The molecule has 0 spiro atoms. The van der Waals surface area contributed by atoms with E-state index in [1.54, 1.807) is 0 Å². The van der Waals surface area contributed by atoms with Crippen molar-refractivity contribution < 1.29 is 9.47 Å². The molecule has 1 N–H and O–H groups in total. The summed E-state index contributed by atoms with van der Waals surface area (Å²) < 4.78 is 11.6. The molecule has 0 aliphatic heterocycles. The van der Waals surface area contributed by atoms with Gasteiger partial charge in [0.05, 0.1) is 6.61 Å². The zero-order valence-corrected chi connectivity index (χ0v) is 12.8. The molecule has 3 nitrogen and oxygen atoms in total. The first-order valence-electron chi connectivity index (χ1n) is 7.15. The van der Waals surface area contributed by atoms with Crippen molar-refractivity contribution in [1.82, 2.24) is 5.32 Å². The van der Waals surface area contributed by atoms with Gasteiger partial charge in [-0.05, 0) is 25.0 Å². The molecule has 1 atom stereocenters. The van der Waals surface area contributed by atoms with E-state index in [1.807, 2.05) is 31.2 Å².